The zero-order valence-corrected chi connectivity index (χ0v) is 22.5. The van der Waals surface area contributed by atoms with E-state index >= 15 is 0 Å². The zero-order chi connectivity index (χ0) is 30.1. The fourth-order valence-electron chi connectivity index (χ4n) is 5.10. The highest BCUT2D eigenvalue weighted by atomic mass is 19.1. The Labute approximate surface area is 244 Å². The summed E-state index contributed by atoms with van der Waals surface area (Å²) in [6.45, 7) is 7.76. The standard InChI is InChI=1S/C34H22F2N4O3/c1-37-29-14-23-7-4-21(10-31(23)38-18-29)19-40-9-8-24-11-25(26-12-27(35)16-28(36)13-26)15-30(32(24)40)33(41)39-17-20-2-5-22(6-3-20)34(42)43/h2-16,18H,17,19H2,(H,39,41)(H,42,43). The molecule has 9 heteroatoms. The molecule has 2 aromatic heterocycles. The molecule has 7 nitrogen and oxygen atoms in total. The second kappa shape index (κ2) is 11.2. The molecule has 0 aliphatic carbocycles. The lowest BCUT2D eigenvalue weighted by atomic mass is 9.99. The van der Waals surface area contributed by atoms with Crippen LogP contribution in [0.2, 0.25) is 0 Å². The van der Waals surface area contributed by atoms with E-state index in [-0.39, 0.29) is 12.1 Å². The largest absolute Gasteiger partial charge is 0.478 e. The molecule has 0 bridgehead atoms. The molecule has 0 radical (unpaired) electrons. The smallest absolute Gasteiger partial charge is 0.335 e. The van der Waals surface area contributed by atoms with Gasteiger partial charge < -0.3 is 15.0 Å². The van der Waals surface area contributed by atoms with Crippen molar-refractivity contribution in [2.24, 2.45) is 0 Å². The fourth-order valence-corrected chi connectivity index (χ4v) is 5.10. The van der Waals surface area contributed by atoms with E-state index in [2.05, 4.69) is 15.1 Å². The Morgan fingerprint density at radius 3 is 2.30 bits per heavy atom. The van der Waals surface area contributed by atoms with Gasteiger partial charge in [-0.05, 0) is 82.2 Å². The Hall–Kier alpha value is -5.88. The SMILES string of the molecule is [C-]#[N+]c1cnc2cc(Cn3ccc4cc(-c5cc(F)cc(F)c5)cc(C(=O)NCc5ccc(C(=O)O)cc5)c43)ccc2c1. The van der Waals surface area contributed by atoms with Crippen molar-refractivity contribution in [2.75, 3.05) is 0 Å². The molecule has 43 heavy (non-hydrogen) atoms. The van der Waals surface area contributed by atoms with E-state index in [9.17, 15) is 18.4 Å². The summed E-state index contributed by atoms with van der Waals surface area (Å²) >= 11 is 0. The number of hydrogen-bond donors (Lipinski definition) is 2. The van der Waals surface area contributed by atoms with Gasteiger partial charge in [0.05, 0.1) is 28.7 Å². The van der Waals surface area contributed by atoms with E-state index in [0.29, 0.717) is 45.4 Å². The second-order valence-corrected chi connectivity index (χ2v) is 10.1. The van der Waals surface area contributed by atoms with E-state index < -0.39 is 23.5 Å². The van der Waals surface area contributed by atoms with Gasteiger partial charge in [-0.3, -0.25) is 9.78 Å². The van der Waals surface area contributed by atoms with Crippen molar-refractivity contribution < 1.29 is 23.5 Å². The van der Waals surface area contributed by atoms with Crippen molar-refractivity contribution in [1.82, 2.24) is 14.9 Å². The molecule has 0 atom stereocenters. The zero-order valence-electron chi connectivity index (χ0n) is 22.5. The Bertz CT molecular complexity index is 2080. The van der Waals surface area contributed by atoms with Gasteiger partial charge in [0.2, 0.25) is 5.69 Å². The van der Waals surface area contributed by atoms with Gasteiger partial charge in [0.1, 0.15) is 11.6 Å². The lowest BCUT2D eigenvalue weighted by Gasteiger charge is -2.14. The number of halogens is 2. The molecule has 0 aliphatic heterocycles. The fraction of sp³-hybridized carbons (Fsp3) is 0.0588. The topological polar surface area (TPSA) is 88.6 Å². The summed E-state index contributed by atoms with van der Waals surface area (Å²) in [6, 6.07) is 22.2. The van der Waals surface area contributed by atoms with E-state index in [1.807, 2.05) is 35.0 Å². The van der Waals surface area contributed by atoms with Crippen molar-refractivity contribution in [2.45, 2.75) is 13.1 Å². The average molecular weight is 573 g/mol. The maximum absolute atomic E-state index is 14.1. The third-order valence-electron chi connectivity index (χ3n) is 7.17. The number of carbonyl (C=O) groups is 2. The van der Waals surface area contributed by atoms with E-state index in [4.69, 9.17) is 11.7 Å². The number of nitrogens with one attached hydrogen (secondary N) is 1. The molecule has 0 saturated carbocycles. The molecule has 6 aromatic rings. The van der Waals surface area contributed by atoms with Crippen LogP contribution in [0.4, 0.5) is 14.5 Å². The van der Waals surface area contributed by atoms with Gasteiger partial charge in [-0.2, -0.15) is 0 Å². The first-order valence-corrected chi connectivity index (χ1v) is 13.2. The minimum absolute atomic E-state index is 0.139. The first-order chi connectivity index (χ1) is 20.8. The lowest BCUT2D eigenvalue weighted by Crippen LogP contribution is -2.23. The Morgan fingerprint density at radius 1 is 0.860 bits per heavy atom. The molecule has 2 heterocycles. The maximum atomic E-state index is 14.1. The number of hydrogen-bond acceptors (Lipinski definition) is 3. The van der Waals surface area contributed by atoms with Crippen LogP contribution in [0.15, 0.2) is 97.3 Å². The minimum atomic E-state index is -1.04. The van der Waals surface area contributed by atoms with E-state index in [1.54, 1.807) is 30.3 Å². The average Bonchev–Trinajstić information content (AvgIpc) is 3.41. The summed E-state index contributed by atoms with van der Waals surface area (Å²) in [6.07, 6.45) is 3.38. The second-order valence-electron chi connectivity index (χ2n) is 10.1. The summed E-state index contributed by atoms with van der Waals surface area (Å²) in [7, 11) is 0. The van der Waals surface area contributed by atoms with Crippen LogP contribution in [0.1, 0.15) is 31.8 Å². The normalized spacial score (nSPS) is 11.0. The number of aromatic carboxylic acids is 1. The maximum Gasteiger partial charge on any atom is 0.335 e. The number of carboxylic acids is 1. The van der Waals surface area contributed by atoms with Crippen molar-refractivity contribution in [3.8, 4) is 11.1 Å². The van der Waals surface area contributed by atoms with Crippen LogP contribution in [-0.4, -0.2) is 26.5 Å². The van der Waals surface area contributed by atoms with E-state index in [0.717, 1.165) is 22.5 Å². The number of carbonyl (C=O) groups excluding carboxylic acids is 1. The minimum Gasteiger partial charge on any atom is -0.478 e. The lowest BCUT2D eigenvalue weighted by molar-refractivity contribution is 0.0696. The predicted molar refractivity (Wildman–Crippen MR) is 159 cm³/mol. The number of aromatic nitrogens is 2. The Morgan fingerprint density at radius 2 is 1.58 bits per heavy atom. The van der Waals surface area contributed by atoms with Gasteiger partial charge in [0, 0.05) is 36.9 Å². The molecule has 0 spiro atoms. The number of amides is 1. The molecule has 4 aromatic carbocycles. The molecule has 2 N–H and O–H groups in total. The quantitative estimate of drug-likeness (QED) is 0.196. The predicted octanol–water partition coefficient (Wildman–Crippen LogP) is 7.36. The molecular formula is C34H22F2N4O3. The van der Waals surface area contributed by atoms with Crippen LogP contribution in [0.25, 0.3) is 37.8 Å². The van der Waals surface area contributed by atoms with Gasteiger partial charge in [0.15, 0.2) is 0 Å². The molecule has 1 amide bonds. The van der Waals surface area contributed by atoms with Crippen molar-refractivity contribution in [3.05, 3.63) is 143 Å². The third-order valence-corrected chi connectivity index (χ3v) is 7.17. The van der Waals surface area contributed by atoms with Gasteiger partial charge in [-0.1, -0.05) is 24.3 Å². The van der Waals surface area contributed by atoms with Crippen LogP contribution >= 0.6 is 0 Å². The summed E-state index contributed by atoms with van der Waals surface area (Å²) in [4.78, 5) is 32.7. The highest BCUT2D eigenvalue weighted by molar-refractivity contribution is 6.08. The third kappa shape index (κ3) is 5.67. The molecule has 0 fully saturated rings. The van der Waals surface area contributed by atoms with Crippen molar-refractivity contribution in [3.63, 3.8) is 0 Å². The molecular weight excluding hydrogens is 550 g/mol. The molecule has 210 valence electrons. The first-order valence-electron chi connectivity index (χ1n) is 13.2. The Balaban J connectivity index is 1.38. The van der Waals surface area contributed by atoms with Crippen molar-refractivity contribution in [1.29, 1.82) is 0 Å². The number of carboxylic acid groups (broad SMARTS) is 1. The molecule has 6 rings (SSSR count). The van der Waals surface area contributed by atoms with Crippen LogP contribution in [0.5, 0.6) is 0 Å². The monoisotopic (exact) mass is 572 g/mol. The van der Waals surface area contributed by atoms with Crippen LogP contribution in [-0.2, 0) is 13.1 Å². The summed E-state index contributed by atoms with van der Waals surface area (Å²) in [5.41, 5.74) is 4.69. The van der Waals surface area contributed by atoms with Crippen LogP contribution in [0, 0.1) is 18.2 Å². The number of pyridine rings is 1. The molecule has 0 saturated heterocycles. The number of benzene rings is 4. The molecule has 0 unspecified atom stereocenters. The summed E-state index contributed by atoms with van der Waals surface area (Å²) in [5.74, 6) is -2.90. The van der Waals surface area contributed by atoms with Crippen molar-refractivity contribution >= 4 is 39.4 Å². The number of nitrogens with zero attached hydrogens (tertiary/aromatic N) is 3. The Kier molecular flexibility index (Phi) is 7.10. The van der Waals surface area contributed by atoms with Crippen LogP contribution < -0.4 is 5.32 Å². The van der Waals surface area contributed by atoms with Gasteiger partial charge >= 0.3 is 5.97 Å². The van der Waals surface area contributed by atoms with Gasteiger partial charge in [-0.15, -0.1) is 0 Å². The van der Waals surface area contributed by atoms with Gasteiger partial charge in [-0.25, -0.2) is 18.4 Å². The number of rotatable bonds is 7. The first kappa shape index (κ1) is 27.3. The number of fused-ring (bicyclic) bond motifs is 2. The van der Waals surface area contributed by atoms with Gasteiger partial charge in [0.25, 0.3) is 5.91 Å². The summed E-state index contributed by atoms with van der Waals surface area (Å²) in [5, 5.41) is 13.6. The summed E-state index contributed by atoms with van der Waals surface area (Å²) < 4.78 is 30.1. The molecule has 0 aliphatic rings. The highest BCUT2D eigenvalue weighted by Gasteiger charge is 2.18. The van der Waals surface area contributed by atoms with Crippen LogP contribution in [0.3, 0.4) is 0 Å². The highest BCUT2D eigenvalue weighted by Crippen LogP contribution is 2.31. The van der Waals surface area contributed by atoms with E-state index in [1.165, 1.54) is 30.5 Å².